The molecule has 68 valence electrons. The molecule has 0 aromatic rings. The Balaban J connectivity index is 3.99. The van der Waals surface area contributed by atoms with Crippen LogP contribution >= 0.6 is 0 Å². The van der Waals surface area contributed by atoms with Gasteiger partial charge in [-0.2, -0.15) is 0 Å². The van der Waals surface area contributed by atoms with Crippen LogP contribution in [0.15, 0.2) is 11.1 Å². The molecule has 1 N–H and O–H groups in total. The van der Waals surface area contributed by atoms with Crippen molar-refractivity contribution in [1.82, 2.24) is 5.48 Å². The monoisotopic (exact) mass is 171 g/mol. The molecular weight excluding hydrogens is 158 g/mol. The van der Waals surface area contributed by atoms with Gasteiger partial charge in [-0.15, -0.1) is 5.48 Å². The first kappa shape index (κ1) is 10.8. The largest absolute Gasteiger partial charge is 0.373 e. The Morgan fingerprint density at radius 1 is 1.50 bits per heavy atom. The molecule has 0 aliphatic carbocycles. The van der Waals surface area contributed by atoms with E-state index in [2.05, 4.69) is 10.3 Å². The van der Waals surface area contributed by atoms with E-state index in [0.717, 1.165) is 18.3 Å². The van der Waals surface area contributed by atoms with Crippen LogP contribution in [-0.2, 0) is 14.4 Å². The molecule has 0 radical (unpaired) electrons. The van der Waals surface area contributed by atoms with Crippen molar-refractivity contribution in [3.05, 3.63) is 11.1 Å². The lowest BCUT2D eigenvalue weighted by Crippen LogP contribution is -2.18. The van der Waals surface area contributed by atoms with Crippen molar-refractivity contribution in [2.75, 3.05) is 6.54 Å². The van der Waals surface area contributed by atoms with Gasteiger partial charge in [0, 0.05) is 5.57 Å². The molecule has 4 heteroatoms. The van der Waals surface area contributed by atoms with Crippen LogP contribution in [0.2, 0.25) is 0 Å². The molecule has 0 atom stereocenters. The third kappa shape index (κ3) is 3.88. The zero-order chi connectivity index (χ0) is 9.40. The smallest absolute Gasteiger partial charge is 0.312 e. The van der Waals surface area contributed by atoms with Gasteiger partial charge in [0.25, 0.3) is 0 Å². The highest BCUT2D eigenvalue weighted by Gasteiger charge is 1.98. The van der Waals surface area contributed by atoms with Gasteiger partial charge in [0.15, 0.2) is 0 Å². The Morgan fingerprint density at radius 2 is 2.17 bits per heavy atom. The highest BCUT2D eigenvalue weighted by Crippen LogP contribution is 2.03. The summed E-state index contributed by atoms with van der Waals surface area (Å²) in [5, 5.41) is 0. The van der Waals surface area contributed by atoms with Crippen molar-refractivity contribution in [2.24, 2.45) is 0 Å². The minimum absolute atomic E-state index is 0.266. The molecule has 0 fully saturated rings. The first-order valence-corrected chi connectivity index (χ1v) is 3.72. The van der Waals surface area contributed by atoms with Gasteiger partial charge < -0.3 is 4.84 Å². The number of allylic oxidation sites excluding steroid dienone is 1. The average molecular weight is 171 g/mol. The van der Waals surface area contributed by atoms with E-state index in [1.54, 1.807) is 0 Å². The molecule has 12 heavy (non-hydrogen) atoms. The summed E-state index contributed by atoms with van der Waals surface area (Å²) in [6.07, 6.45) is 1.58. The zero-order valence-corrected chi connectivity index (χ0v) is 7.29. The maximum Gasteiger partial charge on any atom is 0.312 e. The van der Waals surface area contributed by atoms with Gasteiger partial charge in [0.2, 0.25) is 0 Å². The topological polar surface area (TPSA) is 55.4 Å². The van der Waals surface area contributed by atoms with Crippen molar-refractivity contribution >= 4 is 12.8 Å². The molecule has 0 amide bonds. The minimum Gasteiger partial charge on any atom is -0.373 e. The number of hydrogen-bond acceptors (Lipinski definition) is 4. The molecule has 0 saturated carbocycles. The van der Waals surface area contributed by atoms with Gasteiger partial charge in [0.05, 0.1) is 6.54 Å². The van der Waals surface area contributed by atoms with E-state index in [1.165, 1.54) is 0 Å². The van der Waals surface area contributed by atoms with E-state index in [-0.39, 0.29) is 13.0 Å². The van der Waals surface area contributed by atoms with Gasteiger partial charge in [-0.25, -0.2) is 0 Å². The van der Waals surface area contributed by atoms with E-state index in [9.17, 15) is 9.59 Å². The molecule has 0 spiro atoms. The molecule has 0 unspecified atom stereocenters. The standard InChI is InChI=1S/C8H13NO3/c1-3-7(2)8(5-10)4-9-12-6-11/h5-6,9H,3-4H2,1-2H3. The summed E-state index contributed by atoms with van der Waals surface area (Å²) in [5.41, 5.74) is 3.96. The summed E-state index contributed by atoms with van der Waals surface area (Å²) >= 11 is 0. The van der Waals surface area contributed by atoms with Crippen molar-refractivity contribution in [2.45, 2.75) is 20.3 Å². The van der Waals surface area contributed by atoms with Crippen LogP contribution < -0.4 is 5.48 Å². The molecule has 0 aliphatic rings. The quantitative estimate of drug-likeness (QED) is 0.275. The molecule has 0 heterocycles. The lowest BCUT2D eigenvalue weighted by atomic mass is 10.1. The molecule has 4 nitrogen and oxygen atoms in total. The maximum atomic E-state index is 10.5. The number of hydrogen-bond donors (Lipinski definition) is 1. The minimum atomic E-state index is 0.266. The lowest BCUT2D eigenvalue weighted by Gasteiger charge is -2.03. The van der Waals surface area contributed by atoms with Crippen LogP contribution in [0.4, 0.5) is 0 Å². The SMILES string of the molecule is CCC(C)=C(C=O)CNOC=O. The van der Waals surface area contributed by atoms with Crippen molar-refractivity contribution in [3.8, 4) is 0 Å². The summed E-state index contributed by atoms with van der Waals surface area (Å²) < 4.78 is 0. The van der Waals surface area contributed by atoms with E-state index < -0.39 is 0 Å². The summed E-state index contributed by atoms with van der Waals surface area (Å²) in [5.74, 6) is 0. The van der Waals surface area contributed by atoms with Crippen LogP contribution in [0.1, 0.15) is 20.3 Å². The molecular formula is C8H13NO3. The second-order valence-corrected chi connectivity index (χ2v) is 2.31. The lowest BCUT2D eigenvalue weighted by molar-refractivity contribution is -0.135. The second-order valence-electron chi connectivity index (χ2n) is 2.31. The number of carbonyl (C=O) groups excluding carboxylic acids is 2. The molecule has 0 bridgehead atoms. The molecule has 0 aromatic heterocycles. The summed E-state index contributed by atoms with van der Waals surface area (Å²) in [7, 11) is 0. The predicted octanol–water partition coefficient (Wildman–Crippen LogP) is 0.589. The van der Waals surface area contributed by atoms with Crippen molar-refractivity contribution in [1.29, 1.82) is 0 Å². The van der Waals surface area contributed by atoms with E-state index in [0.29, 0.717) is 5.57 Å². The Bertz CT molecular complexity index is 187. The number of hydroxylamine groups is 1. The highest BCUT2D eigenvalue weighted by atomic mass is 16.7. The van der Waals surface area contributed by atoms with Gasteiger partial charge in [-0.3, -0.25) is 9.59 Å². The summed E-state index contributed by atoms with van der Waals surface area (Å²) in [6.45, 7) is 4.37. The zero-order valence-electron chi connectivity index (χ0n) is 7.29. The van der Waals surface area contributed by atoms with E-state index in [1.807, 2.05) is 13.8 Å². The van der Waals surface area contributed by atoms with Gasteiger partial charge in [0.1, 0.15) is 6.29 Å². The normalized spacial score (nSPS) is 11.8. The maximum absolute atomic E-state index is 10.5. The Kier molecular flexibility index (Phi) is 5.91. The predicted molar refractivity (Wildman–Crippen MR) is 44.2 cm³/mol. The van der Waals surface area contributed by atoms with Crippen molar-refractivity contribution < 1.29 is 14.4 Å². The molecule has 0 aromatic carbocycles. The third-order valence-electron chi connectivity index (χ3n) is 1.61. The fraction of sp³-hybridized carbons (Fsp3) is 0.500. The first-order chi connectivity index (χ1) is 5.76. The van der Waals surface area contributed by atoms with E-state index >= 15 is 0 Å². The van der Waals surface area contributed by atoms with Crippen LogP contribution in [-0.4, -0.2) is 19.3 Å². The highest BCUT2D eigenvalue weighted by molar-refractivity contribution is 5.75. The average Bonchev–Trinajstić information content (AvgIpc) is 2.11. The van der Waals surface area contributed by atoms with Crippen LogP contribution in [0.25, 0.3) is 0 Å². The number of rotatable bonds is 6. The Hall–Kier alpha value is -1.16. The van der Waals surface area contributed by atoms with Crippen LogP contribution in [0.3, 0.4) is 0 Å². The fourth-order valence-electron chi connectivity index (χ4n) is 0.674. The van der Waals surface area contributed by atoms with Gasteiger partial charge in [-0.05, 0) is 13.3 Å². The summed E-state index contributed by atoms with van der Waals surface area (Å²) in [6, 6.07) is 0. The third-order valence-corrected chi connectivity index (χ3v) is 1.61. The number of nitrogens with one attached hydrogen (secondary N) is 1. The number of aldehydes is 1. The molecule has 0 aliphatic heterocycles. The molecule has 0 rings (SSSR count). The summed E-state index contributed by atoms with van der Waals surface area (Å²) in [4.78, 5) is 24.4. The van der Waals surface area contributed by atoms with Gasteiger partial charge >= 0.3 is 6.47 Å². The van der Waals surface area contributed by atoms with Crippen LogP contribution in [0.5, 0.6) is 0 Å². The fourth-order valence-corrected chi connectivity index (χ4v) is 0.674. The van der Waals surface area contributed by atoms with E-state index in [4.69, 9.17) is 0 Å². The Labute approximate surface area is 71.5 Å². The van der Waals surface area contributed by atoms with Crippen molar-refractivity contribution in [3.63, 3.8) is 0 Å². The second kappa shape index (κ2) is 6.54. The van der Waals surface area contributed by atoms with Gasteiger partial charge in [-0.1, -0.05) is 12.5 Å². The number of carbonyl (C=O) groups is 2. The molecule has 0 saturated heterocycles. The first-order valence-electron chi connectivity index (χ1n) is 3.72. The van der Waals surface area contributed by atoms with Crippen LogP contribution in [0, 0.1) is 0 Å². The Morgan fingerprint density at radius 3 is 2.58 bits per heavy atom.